The van der Waals surface area contributed by atoms with Crippen molar-refractivity contribution < 1.29 is 9.53 Å². The summed E-state index contributed by atoms with van der Waals surface area (Å²) in [5, 5.41) is 9.41. The first-order valence-electron chi connectivity index (χ1n) is 7.19. The summed E-state index contributed by atoms with van der Waals surface area (Å²) in [7, 11) is 1.62. The van der Waals surface area contributed by atoms with Crippen molar-refractivity contribution in [3.8, 4) is 11.8 Å². The molecule has 0 aliphatic carbocycles. The first-order valence-corrected chi connectivity index (χ1v) is 7.19. The molecule has 0 N–H and O–H groups in total. The minimum Gasteiger partial charge on any atom is -0.497 e. The van der Waals surface area contributed by atoms with Crippen molar-refractivity contribution in [2.45, 2.75) is 18.9 Å². The smallest absolute Gasteiger partial charge is 0.259 e. The van der Waals surface area contributed by atoms with Gasteiger partial charge in [-0.25, -0.2) is 0 Å². The molecule has 0 saturated heterocycles. The maximum absolute atomic E-state index is 12.8. The average molecular weight is 292 g/mol. The van der Waals surface area contributed by atoms with Crippen LogP contribution in [0.3, 0.4) is 0 Å². The fourth-order valence-electron chi connectivity index (χ4n) is 2.81. The lowest BCUT2D eigenvalue weighted by molar-refractivity contribution is 0.0979. The highest BCUT2D eigenvalue weighted by Crippen LogP contribution is 2.34. The number of hydrogen-bond acceptors (Lipinski definition) is 3. The van der Waals surface area contributed by atoms with Crippen LogP contribution in [-0.2, 0) is 6.42 Å². The molecule has 0 fully saturated rings. The Kier molecular flexibility index (Phi) is 3.80. The molecule has 0 spiro atoms. The molecule has 110 valence electrons. The number of benzene rings is 2. The molecule has 0 aromatic heterocycles. The Morgan fingerprint density at radius 2 is 2.05 bits per heavy atom. The first kappa shape index (κ1) is 14.2. The molecule has 4 heteroatoms. The Morgan fingerprint density at radius 1 is 1.27 bits per heavy atom. The van der Waals surface area contributed by atoms with Gasteiger partial charge in [0.25, 0.3) is 5.91 Å². The minimum atomic E-state index is -0.436. The van der Waals surface area contributed by atoms with E-state index in [1.165, 1.54) is 0 Å². The van der Waals surface area contributed by atoms with E-state index in [1.54, 1.807) is 24.1 Å². The average Bonchev–Trinajstić information content (AvgIpc) is 2.60. The Bertz CT molecular complexity index is 734. The third-order valence-electron chi connectivity index (χ3n) is 3.93. The Hall–Kier alpha value is -2.80. The highest BCUT2D eigenvalue weighted by Gasteiger charge is 2.31. The van der Waals surface area contributed by atoms with Crippen molar-refractivity contribution in [3.05, 3.63) is 59.7 Å². The number of ether oxygens (including phenoxy) is 1. The number of methoxy groups -OCH3 is 1. The van der Waals surface area contributed by atoms with Crippen molar-refractivity contribution in [1.82, 2.24) is 0 Å². The topological polar surface area (TPSA) is 53.3 Å². The van der Waals surface area contributed by atoms with Crippen LogP contribution >= 0.6 is 0 Å². The molecule has 3 rings (SSSR count). The minimum absolute atomic E-state index is 0.140. The largest absolute Gasteiger partial charge is 0.497 e. The highest BCUT2D eigenvalue weighted by atomic mass is 16.5. The van der Waals surface area contributed by atoms with E-state index in [0.29, 0.717) is 12.0 Å². The number of amides is 1. The number of carbonyl (C=O) groups excluding carboxylic acids is 1. The summed E-state index contributed by atoms with van der Waals surface area (Å²) in [6, 6.07) is 16.5. The molecular weight excluding hydrogens is 276 g/mol. The normalized spacial score (nSPS) is 16.5. The molecule has 0 saturated carbocycles. The van der Waals surface area contributed by atoms with Crippen LogP contribution in [0.1, 0.15) is 22.3 Å². The van der Waals surface area contributed by atoms with Crippen LogP contribution in [0.15, 0.2) is 48.5 Å². The van der Waals surface area contributed by atoms with E-state index in [4.69, 9.17) is 4.74 Å². The quantitative estimate of drug-likeness (QED) is 0.854. The van der Waals surface area contributed by atoms with E-state index in [1.807, 2.05) is 36.4 Å². The number of anilines is 1. The summed E-state index contributed by atoms with van der Waals surface area (Å²) in [6.07, 6.45) is 1.40. The van der Waals surface area contributed by atoms with E-state index in [-0.39, 0.29) is 5.91 Å². The van der Waals surface area contributed by atoms with Gasteiger partial charge in [-0.3, -0.25) is 9.69 Å². The van der Waals surface area contributed by atoms with E-state index in [9.17, 15) is 10.1 Å². The lowest BCUT2D eigenvalue weighted by Crippen LogP contribution is -2.43. The molecule has 1 unspecified atom stereocenters. The predicted molar refractivity (Wildman–Crippen MR) is 84.0 cm³/mol. The molecule has 1 heterocycles. The Morgan fingerprint density at radius 3 is 2.73 bits per heavy atom. The monoisotopic (exact) mass is 292 g/mol. The Balaban J connectivity index is 2.05. The van der Waals surface area contributed by atoms with Crippen molar-refractivity contribution in [3.63, 3.8) is 0 Å². The number of nitriles is 1. The number of carbonyl (C=O) groups is 1. The predicted octanol–water partition coefficient (Wildman–Crippen LogP) is 3.18. The van der Waals surface area contributed by atoms with Gasteiger partial charge in [0.05, 0.1) is 13.2 Å². The zero-order chi connectivity index (χ0) is 15.5. The lowest BCUT2D eigenvalue weighted by atomic mass is 9.95. The molecular formula is C18H16N2O2. The molecule has 0 bridgehead atoms. The fraction of sp³-hybridized carbons (Fsp3) is 0.222. The van der Waals surface area contributed by atoms with Gasteiger partial charge >= 0.3 is 0 Å². The van der Waals surface area contributed by atoms with Crippen LogP contribution in [-0.4, -0.2) is 19.1 Å². The molecule has 22 heavy (non-hydrogen) atoms. The van der Waals surface area contributed by atoms with Gasteiger partial charge < -0.3 is 4.74 Å². The van der Waals surface area contributed by atoms with Crippen LogP contribution < -0.4 is 9.64 Å². The molecule has 2 aromatic rings. The SMILES string of the molecule is COc1ccc2c(c1)CCC(C#N)N2C(=O)c1ccccc1. The van der Waals surface area contributed by atoms with Gasteiger partial charge in [-0.1, -0.05) is 18.2 Å². The van der Waals surface area contributed by atoms with E-state index >= 15 is 0 Å². The van der Waals surface area contributed by atoms with Gasteiger partial charge in [0.1, 0.15) is 11.8 Å². The number of hydrogen-bond donors (Lipinski definition) is 0. The lowest BCUT2D eigenvalue weighted by Gasteiger charge is -2.33. The maximum Gasteiger partial charge on any atom is 0.259 e. The second kappa shape index (κ2) is 5.90. The molecule has 1 amide bonds. The molecule has 1 aliphatic heterocycles. The standard InChI is InChI=1S/C18H16N2O2/c1-22-16-9-10-17-14(11-16)7-8-15(12-19)20(17)18(21)13-5-3-2-4-6-13/h2-6,9-11,15H,7-8H2,1H3. The van der Waals surface area contributed by atoms with E-state index in [0.717, 1.165) is 23.4 Å². The van der Waals surface area contributed by atoms with E-state index in [2.05, 4.69) is 6.07 Å². The second-order valence-electron chi connectivity index (χ2n) is 5.22. The van der Waals surface area contributed by atoms with Crippen molar-refractivity contribution >= 4 is 11.6 Å². The van der Waals surface area contributed by atoms with Gasteiger partial charge in [-0.05, 0) is 48.7 Å². The Labute approximate surface area is 129 Å². The molecule has 0 radical (unpaired) electrons. The van der Waals surface area contributed by atoms with Crippen LogP contribution in [0.5, 0.6) is 5.75 Å². The summed E-state index contributed by atoms with van der Waals surface area (Å²) in [5.41, 5.74) is 2.43. The third kappa shape index (κ3) is 2.42. The number of nitrogens with zero attached hydrogens (tertiary/aromatic N) is 2. The van der Waals surface area contributed by atoms with Gasteiger partial charge in [-0.15, -0.1) is 0 Å². The van der Waals surface area contributed by atoms with Crippen LogP contribution in [0.4, 0.5) is 5.69 Å². The number of fused-ring (bicyclic) bond motifs is 1. The summed E-state index contributed by atoms with van der Waals surface area (Å²) < 4.78 is 5.25. The summed E-state index contributed by atoms with van der Waals surface area (Å²) >= 11 is 0. The zero-order valence-corrected chi connectivity index (χ0v) is 12.3. The fourth-order valence-corrected chi connectivity index (χ4v) is 2.81. The first-order chi connectivity index (χ1) is 10.7. The van der Waals surface area contributed by atoms with Crippen molar-refractivity contribution in [2.75, 3.05) is 12.0 Å². The number of aryl methyl sites for hydroxylation is 1. The summed E-state index contributed by atoms with van der Waals surface area (Å²) in [6.45, 7) is 0. The molecule has 2 aromatic carbocycles. The summed E-state index contributed by atoms with van der Waals surface area (Å²) in [4.78, 5) is 14.4. The van der Waals surface area contributed by atoms with Crippen molar-refractivity contribution in [2.24, 2.45) is 0 Å². The van der Waals surface area contributed by atoms with Crippen LogP contribution in [0.25, 0.3) is 0 Å². The van der Waals surface area contributed by atoms with Gasteiger partial charge in [0, 0.05) is 11.3 Å². The molecule has 4 nitrogen and oxygen atoms in total. The van der Waals surface area contributed by atoms with E-state index < -0.39 is 6.04 Å². The third-order valence-corrected chi connectivity index (χ3v) is 3.93. The number of rotatable bonds is 2. The van der Waals surface area contributed by atoms with Gasteiger partial charge in [0.15, 0.2) is 0 Å². The van der Waals surface area contributed by atoms with Gasteiger partial charge in [-0.2, -0.15) is 5.26 Å². The van der Waals surface area contributed by atoms with Crippen LogP contribution in [0, 0.1) is 11.3 Å². The zero-order valence-electron chi connectivity index (χ0n) is 12.3. The molecule has 1 aliphatic rings. The van der Waals surface area contributed by atoms with Crippen LogP contribution in [0.2, 0.25) is 0 Å². The second-order valence-corrected chi connectivity index (χ2v) is 5.22. The summed E-state index contributed by atoms with van der Waals surface area (Å²) in [5.74, 6) is 0.625. The van der Waals surface area contributed by atoms with Crippen molar-refractivity contribution in [1.29, 1.82) is 5.26 Å². The molecule has 1 atom stereocenters. The maximum atomic E-state index is 12.8. The highest BCUT2D eigenvalue weighted by molar-refractivity contribution is 6.07. The van der Waals surface area contributed by atoms with Gasteiger partial charge in [0.2, 0.25) is 0 Å².